The molecule has 1 unspecified atom stereocenters. The van der Waals surface area contributed by atoms with E-state index in [1.165, 1.54) is 0 Å². The molecule has 0 spiro atoms. The van der Waals surface area contributed by atoms with Crippen LogP contribution < -0.4 is 0 Å². The minimum atomic E-state index is 0.0266. The SMILES string of the molecule is O=[C]C1CCCN1CCCl. The Labute approximate surface area is 66.1 Å². The van der Waals surface area contributed by atoms with Crippen molar-refractivity contribution < 1.29 is 4.79 Å². The van der Waals surface area contributed by atoms with Gasteiger partial charge in [-0.3, -0.25) is 9.69 Å². The summed E-state index contributed by atoms with van der Waals surface area (Å²) in [5.41, 5.74) is 0. The lowest BCUT2D eigenvalue weighted by molar-refractivity contribution is 0.313. The molecule has 0 bridgehead atoms. The summed E-state index contributed by atoms with van der Waals surface area (Å²) in [7, 11) is 0. The number of hydrogen-bond acceptors (Lipinski definition) is 2. The molecule has 2 nitrogen and oxygen atoms in total. The van der Waals surface area contributed by atoms with Gasteiger partial charge in [0.15, 0.2) is 0 Å². The minimum absolute atomic E-state index is 0.0266. The van der Waals surface area contributed by atoms with Gasteiger partial charge in [-0.2, -0.15) is 0 Å². The molecule has 0 aromatic rings. The Kier molecular flexibility index (Phi) is 3.16. The van der Waals surface area contributed by atoms with Gasteiger partial charge in [-0.1, -0.05) is 0 Å². The van der Waals surface area contributed by atoms with Crippen LogP contribution in [0.3, 0.4) is 0 Å². The van der Waals surface area contributed by atoms with E-state index in [0.717, 1.165) is 25.9 Å². The van der Waals surface area contributed by atoms with Gasteiger partial charge in [-0.05, 0) is 19.4 Å². The summed E-state index contributed by atoms with van der Waals surface area (Å²) in [5.74, 6) is 0.609. The Bertz CT molecular complexity index is 118. The van der Waals surface area contributed by atoms with Crippen LogP contribution in [-0.2, 0) is 4.79 Å². The molecule has 0 N–H and O–H groups in total. The minimum Gasteiger partial charge on any atom is -0.292 e. The first-order valence-electron chi connectivity index (χ1n) is 3.56. The van der Waals surface area contributed by atoms with Crippen molar-refractivity contribution in [3.05, 3.63) is 0 Å². The molecule has 1 heterocycles. The predicted molar refractivity (Wildman–Crippen MR) is 41.0 cm³/mol. The van der Waals surface area contributed by atoms with Gasteiger partial charge >= 0.3 is 0 Å². The van der Waals surface area contributed by atoms with Gasteiger partial charge in [0, 0.05) is 12.4 Å². The second-order valence-electron chi connectivity index (χ2n) is 2.50. The molecule has 3 heteroatoms. The number of halogens is 1. The number of nitrogens with zero attached hydrogens (tertiary/aromatic N) is 1. The summed E-state index contributed by atoms with van der Waals surface area (Å²) in [5, 5.41) is 0. The Morgan fingerprint density at radius 1 is 1.70 bits per heavy atom. The highest BCUT2D eigenvalue weighted by Gasteiger charge is 2.23. The molecule has 0 aliphatic carbocycles. The molecule has 1 aliphatic rings. The normalized spacial score (nSPS) is 27.1. The van der Waals surface area contributed by atoms with Crippen LogP contribution in [0.25, 0.3) is 0 Å². The van der Waals surface area contributed by atoms with Crippen molar-refractivity contribution in [3.8, 4) is 0 Å². The maximum absolute atomic E-state index is 10.3. The van der Waals surface area contributed by atoms with Gasteiger partial charge < -0.3 is 0 Å². The maximum Gasteiger partial charge on any atom is 0.217 e. The Morgan fingerprint density at radius 3 is 3.10 bits per heavy atom. The van der Waals surface area contributed by atoms with E-state index in [9.17, 15) is 4.79 Å². The first kappa shape index (κ1) is 8.02. The lowest BCUT2D eigenvalue weighted by atomic mass is 10.2. The van der Waals surface area contributed by atoms with Crippen LogP contribution in [0.1, 0.15) is 12.8 Å². The summed E-state index contributed by atoms with van der Waals surface area (Å²) in [4.78, 5) is 12.4. The van der Waals surface area contributed by atoms with Crippen molar-refractivity contribution in [1.82, 2.24) is 4.90 Å². The predicted octanol–water partition coefficient (Wildman–Crippen LogP) is 0.799. The molecular weight excluding hydrogens is 150 g/mol. The standard InChI is InChI=1S/C7H11ClNO/c8-3-5-9-4-1-2-7(9)6-10/h7H,1-5H2. The van der Waals surface area contributed by atoms with E-state index in [1.54, 1.807) is 0 Å². The third-order valence-corrected chi connectivity index (χ3v) is 2.04. The molecular formula is C7H11ClNO. The fraction of sp³-hybridized carbons (Fsp3) is 0.857. The highest BCUT2D eigenvalue weighted by molar-refractivity contribution is 6.18. The van der Waals surface area contributed by atoms with Crippen LogP contribution in [0.2, 0.25) is 0 Å². The number of carbonyl (C=O) groups excluding carboxylic acids is 1. The second kappa shape index (κ2) is 3.94. The summed E-state index contributed by atoms with van der Waals surface area (Å²) < 4.78 is 0. The van der Waals surface area contributed by atoms with E-state index in [1.807, 2.05) is 6.29 Å². The molecule has 0 aromatic heterocycles. The molecule has 1 saturated heterocycles. The average molecular weight is 161 g/mol. The molecule has 0 saturated carbocycles. The van der Waals surface area contributed by atoms with E-state index >= 15 is 0 Å². The summed E-state index contributed by atoms with van der Waals surface area (Å²) >= 11 is 5.53. The third-order valence-electron chi connectivity index (χ3n) is 1.87. The van der Waals surface area contributed by atoms with E-state index in [0.29, 0.717) is 5.88 Å². The van der Waals surface area contributed by atoms with E-state index < -0.39 is 0 Å². The number of likely N-dealkylation sites (tertiary alicyclic amines) is 1. The number of rotatable bonds is 3. The topological polar surface area (TPSA) is 20.3 Å². The highest BCUT2D eigenvalue weighted by atomic mass is 35.5. The van der Waals surface area contributed by atoms with Crippen molar-refractivity contribution in [2.75, 3.05) is 19.0 Å². The molecule has 0 aromatic carbocycles. The summed E-state index contributed by atoms with van der Waals surface area (Å²) in [6.45, 7) is 1.83. The summed E-state index contributed by atoms with van der Waals surface area (Å²) in [6, 6.07) is 0.0266. The van der Waals surface area contributed by atoms with Gasteiger partial charge in [0.2, 0.25) is 6.29 Å². The van der Waals surface area contributed by atoms with Gasteiger partial charge in [-0.15, -0.1) is 11.6 Å². The van der Waals surface area contributed by atoms with Crippen molar-refractivity contribution in [1.29, 1.82) is 0 Å². The van der Waals surface area contributed by atoms with Crippen LogP contribution in [-0.4, -0.2) is 36.2 Å². The molecule has 57 valence electrons. The van der Waals surface area contributed by atoms with Gasteiger partial charge in [0.1, 0.15) is 0 Å². The molecule has 1 radical (unpaired) electrons. The summed E-state index contributed by atoms with van der Waals surface area (Å²) in [6.07, 6.45) is 4.08. The lowest BCUT2D eigenvalue weighted by Crippen LogP contribution is -2.31. The quantitative estimate of drug-likeness (QED) is 0.570. The monoisotopic (exact) mass is 160 g/mol. The van der Waals surface area contributed by atoms with Crippen LogP contribution in [0.15, 0.2) is 0 Å². The zero-order chi connectivity index (χ0) is 7.40. The van der Waals surface area contributed by atoms with Gasteiger partial charge in [0.25, 0.3) is 0 Å². The Hall–Kier alpha value is -0.0800. The van der Waals surface area contributed by atoms with Gasteiger partial charge in [-0.25, -0.2) is 0 Å². The maximum atomic E-state index is 10.3. The first-order chi connectivity index (χ1) is 4.88. The van der Waals surface area contributed by atoms with Gasteiger partial charge in [0.05, 0.1) is 6.04 Å². The lowest BCUT2D eigenvalue weighted by Gasteiger charge is -2.16. The molecule has 1 fully saturated rings. The molecule has 0 amide bonds. The van der Waals surface area contributed by atoms with Crippen LogP contribution in [0.5, 0.6) is 0 Å². The zero-order valence-corrected chi connectivity index (χ0v) is 6.60. The highest BCUT2D eigenvalue weighted by Crippen LogP contribution is 2.14. The second-order valence-corrected chi connectivity index (χ2v) is 2.88. The molecule has 10 heavy (non-hydrogen) atoms. The average Bonchev–Trinajstić information content (AvgIpc) is 2.36. The van der Waals surface area contributed by atoms with E-state index in [4.69, 9.17) is 11.6 Å². The van der Waals surface area contributed by atoms with Crippen molar-refractivity contribution in [2.45, 2.75) is 18.9 Å². The number of hydrogen-bond donors (Lipinski definition) is 0. The van der Waals surface area contributed by atoms with Crippen molar-refractivity contribution >= 4 is 17.9 Å². The molecule has 1 rings (SSSR count). The van der Waals surface area contributed by atoms with Crippen molar-refractivity contribution in [3.63, 3.8) is 0 Å². The molecule has 1 aliphatic heterocycles. The van der Waals surface area contributed by atoms with E-state index in [-0.39, 0.29) is 6.04 Å². The fourth-order valence-corrected chi connectivity index (χ4v) is 1.55. The van der Waals surface area contributed by atoms with Crippen LogP contribution in [0, 0.1) is 0 Å². The largest absolute Gasteiger partial charge is 0.292 e. The Balaban J connectivity index is 2.34. The third kappa shape index (κ3) is 1.70. The Morgan fingerprint density at radius 2 is 2.50 bits per heavy atom. The molecule has 1 atom stereocenters. The first-order valence-corrected chi connectivity index (χ1v) is 4.09. The van der Waals surface area contributed by atoms with E-state index in [2.05, 4.69) is 4.90 Å². The smallest absolute Gasteiger partial charge is 0.217 e. The fourth-order valence-electron chi connectivity index (χ4n) is 1.34. The van der Waals surface area contributed by atoms with Crippen LogP contribution in [0.4, 0.5) is 0 Å². The van der Waals surface area contributed by atoms with Crippen molar-refractivity contribution in [2.24, 2.45) is 0 Å². The number of alkyl halides is 1. The van der Waals surface area contributed by atoms with Crippen LogP contribution >= 0.6 is 11.6 Å². The zero-order valence-electron chi connectivity index (χ0n) is 5.85.